The highest BCUT2D eigenvalue weighted by Crippen LogP contribution is 2.51. The van der Waals surface area contributed by atoms with E-state index < -0.39 is 0 Å². The van der Waals surface area contributed by atoms with Crippen molar-refractivity contribution in [2.45, 2.75) is 19.8 Å². The molecule has 0 unspecified atom stereocenters. The number of fused-ring (bicyclic) bond motifs is 7. The molecule has 0 bridgehead atoms. The van der Waals surface area contributed by atoms with Gasteiger partial charge in [0.25, 0.3) is 0 Å². The molecule has 0 spiro atoms. The first-order chi connectivity index (χ1) is 15.4. The molecule has 2 aromatic heterocycles. The highest BCUT2D eigenvalue weighted by atomic mass is 35.5. The number of rotatable bonds is 1. The van der Waals surface area contributed by atoms with Crippen molar-refractivity contribution in [2.24, 2.45) is 5.92 Å². The van der Waals surface area contributed by atoms with Gasteiger partial charge in [0.2, 0.25) is 5.88 Å². The van der Waals surface area contributed by atoms with Crippen molar-refractivity contribution < 1.29 is 13.9 Å². The van der Waals surface area contributed by atoms with Gasteiger partial charge < -0.3 is 13.9 Å². The molecule has 0 N–H and O–H groups in total. The van der Waals surface area contributed by atoms with Crippen LogP contribution in [0.3, 0.4) is 0 Å². The second-order valence-corrected chi connectivity index (χ2v) is 9.09. The Morgan fingerprint density at radius 2 is 1.81 bits per heavy atom. The molecule has 6 rings (SSSR count). The van der Waals surface area contributed by atoms with Crippen molar-refractivity contribution in [3.8, 4) is 17.3 Å². The average molecular weight is 469 g/mol. The molecule has 4 heterocycles. The summed E-state index contributed by atoms with van der Waals surface area (Å²) in [6, 6.07) is 10.8. The van der Waals surface area contributed by atoms with Gasteiger partial charge in [-0.05, 0) is 49.7 Å². The second-order valence-electron chi connectivity index (χ2n) is 8.28. The Balaban J connectivity index is 1.61. The summed E-state index contributed by atoms with van der Waals surface area (Å²) < 4.78 is 19.7. The normalized spacial score (nSPS) is 19.0. The molecule has 32 heavy (non-hydrogen) atoms. The summed E-state index contributed by atoms with van der Waals surface area (Å²) in [5.74, 6) is 1.37. The van der Waals surface area contributed by atoms with Crippen molar-refractivity contribution in [1.29, 1.82) is 0 Å². The van der Waals surface area contributed by atoms with E-state index in [1.54, 1.807) is 16.8 Å². The van der Waals surface area contributed by atoms with Crippen LogP contribution >= 0.6 is 23.2 Å². The Kier molecular flexibility index (Phi) is 4.32. The van der Waals surface area contributed by atoms with Gasteiger partial charge in [0.1, 0.15) is 11.3 Å². The Hall–Kier alpha value is -2.96. The van der Waals surface area contributed by atoms with Crippen LogP contribution in [0.2, 0.25) is 10.0 Å². The van der Waals surface area contributed by atoms with Crippen LogP contribution in [-0.4, -0.2) is 23.0 Å². The lowest BCUT2D eigenvalue weighted by Gasteiger charge is -2.37. The smallest absolute Gasteiger partial charge is 0.336 e. The Morgan fingerprint density at radius 1 is 1.00 bits per heavy atom. The minimum absolute atomic E-state index is 0.0663. The molecule has 2 atom stereocenters. The predicted octanol–water partition coefficient (Wildman–Crippen LogP) is 5.44. The van der Waals surface area contributed by atoms with Gasteiger partial charge in [-0.2, -0.15) is 5.10 Å². The Labute approximate surface area is 193 Å². The number of aromatic nitrogens is 2. The van der Waals surface area contributed by atoms with E-state index in [1.807, 2.05) is 32.0 Å². The molecule has 2 aliphatic rings. The van der Waals surface area contributed by atoms with Gasteiger partial charge in [0, 0.05) is 34.4 Å². The van der Waals surface area contributed by atoms with Gasteiger partial charge in [-0.1, -0.05) is 23.2 Å². The van der Waals surface area contributed by atoms with Crippen LogP contribution in [0.1, 0.15) is 28.3 Å². The fourth-order valence-electron chi connectivity index (χ4n) is 4.85. The third-order valence-corrected chi connectivity index (χ3v) is 7.05. The number of benzene rings is 2. The Morgan fingerprint density at radius 3 is 2.62 bits per heavy atom. The lowest BCUT2D eigenvalue weighted by atomic mass is 9.77. The van der Waals surface area contributed by atoms with E-state index in [-0.39, 0.29) is 17.5 Å². The highest BCUT2D eigenvalue weighted by molar-refractivity contribution is 6.42. The summed E-state index contributed by atoms with van der Waals surface area (Å²) in [6.45, 7) is 4.84. The first kappa shape index (κ1) is 19.7. The maximum absolute atomic E-state index is 12.2. The minimum atomic E-state index is -0.374. The lowest BCUT2D eigenvalue weighted by Crippen LogP contribution is -2.35. The van der Waals surface area contributed by atoms with Gasteiger partial charge >= 0.3 is 5.63 Å². The van der Waals surface area contributed by atoms with Gasteiger partial charge in [-0.15, -0.1) is 0 Å². The summed E-state index contributed by atoms with van der Waals surface area (Å²) in [5.41, 5.74) is 4.50. The van der Waals surface area contributed by atoms with Crippen LogP contribution in [0, 0.1) is 19.8 Å². The average Bonchev–Trinajstić information content (AvgIpc) is 3.11. The van der Waals surface area contributed by atoms with E-state index in [0.717, 1.165) is 39.2 Å². The molecule has 0 amide bonds. The molecular weight excluding hydrogens is 451 g/mol. The van der Waals surface area contributed by atoms with Crippen LogP contribution in [0.4, 0.5) is 0 Å². The second kappa shape index (κ2) is 7.02. The van der Waals surface area contributed by atoms with Gasteiger partial charge in [-0.3, -0.25) is 0 Å². The monoisotopic (exact) mass is 468 g/mol. The first-order valence-electron chi connectivity index (χ1n) is 10.3. The van der Waals surface area contributed by atoms with E-state index >= 15 is 0 Å². The zero-order valence-electron chi connectivity index (χ0n) is 17.3. The molecule has 0 radical (unpaired) electrons. The fourth-order valence-corrected chi connectivity index (χ4v) is 5.15. The Bertz CT molecular complexity index is 1470. The van der Waals surface area contributed by atoms with Crippen molar-refractivity contribution >= 4 is 34.2 Å². The van der Waals surface area contributed by atoms with Gasteiger partial charge in [-0.25, -0.2) is 9.48 Å². The van der Waals surface area contributed by atoms with E-state index in [2.05, 4.69) is 0 Å². The van der Waals surface area contributed by atoms with Crippen LogP contribution in [0.25, 0.3) is 16.7 Å². The van der Waals surface area contributed by atoms with Gasteiger partial charge in [0.15, 0.2) is 0 Å². The van der Waals surface area contributed by atoms with Crippen LogP contribution in [-0.2, 0) is 0 Å². The summed E-state index contributed by atoms with van der Waals surface area (Å²) >= 11 is 12.4. The third-order valence-electron chi connectivity index (χ3n) is 6.31. The summed E-state index contributed by atoms with van der Waals surface area (Å²) in [7, 11) is 0. The molecule has 0 saturated heterocycles. The number of halogens is 2. The number of hydrogen-bond acceptors (Lipinski definition) is 5. The van der Waals surface area contributed by atoms with Crippen molar-refractivity contribution in [2.75, 3.05) is 13.2 Å². The van der Waals surface area contributed by atoms with Gasteiger partial charge in [0.05, 0.1) is 34.6 Å². The summed E-state index contributed by atoms with van der Waals surface area (Å²) in [6.07, 6.45) is 0. The van der Waals surface area contributed by atoms with Crippen LogP contribution in [0.5, 0.6) is 11.6 Å². The molecule has 0 fully saturated rings. The van der Waals surface area contributed by atoms with Crippen molar-refractivity contribution in [1.82, 2.24) is 9.78 Å². The third kappa shape index (κ3) is 2.79. The SMILES string of the molecule is Cc1nn(-c2ccc(Cl)c(Cl)c2)c2c1[C@H]1c3c(ccc4c(C)cc(=O)oc34)OC[C@H]1CO2. The van der Waals surface area contributed by atoms with Crippen molar-refractivity contribution in [3.05, 3.63) is 79.2 Å². The van der Waals surface area contributed by atoms with E-state index in [1.165, 1.54) is 6.07 Å². The number of hydrogen-bond donors (Lipinski definition) is 0. The molecule has 2 aromatic carbocycles. The number of aryl methyl sites for hydroxylation is 2. The number of ether oxygens (including phenoxy) is 2. The lowest BCUT2D eigenvalue weighted by molar-refractivity contribution is 0.121. The highest BCUT2D eigenvalue weighted by Gasteiger charge is 2.43. The zero-order valence-corrected chi connectivity index (χ0v) is 18.8. The van der Waals surface area contributed by atoms with Crippen LogP contribution in [0.15, 0.2) is 45.6 Å². The summed E-state index contributed by atoms with van der Waals surface area (Å²) in [5, 5.41) is 6.59. The molecule has 162 valence electrons. The van der Waals surface area contributed by atoms with E-state index in [4.69, 9.17) is 42.2 Å². The maximum Gasteiger partial charge on any atom is 0.336 e. The molecule has 2 aliphatic heterocycles. The minimum Gasteiger partial charge on any atom is -0.493 e. The molecular formula is C24H18Cl2N2O4. The molecule has 0 aliphatic carbocycles. The number of nitrogens with zero attached hydrogens (tertiary/aromatic N) is 2. The largest absolute Gasteiger partial charge is 0.493 e. The standard InChI is InChI=1S/C24H18Cl2N2O4/c1-11-7-19(29)32-23-15(11)4-6-18-22(23)21-13(9-30-18)10-31-24-20(21)12(2)27-28(24)14-3-5-16(25)17(26)8-14/h3-8,13,21H,9-10H2,1-2H3/t13-,21-/m0/s1. The molecule has 0 saturated carbocycles. The van der Waals surface area contributed by atoms with E-state index in [9.17, 15) is 4.79 Å². The summed E-state index contributed by atoms with van der Waals surface area (Å²) in [4.78, 5) is 12.2. The topological polar surface area (TPSA) is 66.5 Å². The van der Waals surface area contributed by atoms with E-state index in [0.29, 0.717) is 34.7 Å². The van der Waals surface area contributed by atoms with Crippen LogP contribution < -0.4 is 15.1 Å². The fraction of sp³-hybridized carbons (Fsp3) is 0.250. The zero-order chi connectivity index (χ0) is 22.1. The first-order valence-corrected chi connectivity index (χ1v) is 11.1. The van der Waals surface area contributed by atoms with Crippen molar-refractivity contribution in [3.63, 3.8) is 0 Å². The molecule has 6 nitrogen and oxygen atoms in total. The molecule has 8 heteroatoms. The maximum atomic E-state index is 12.2. The quantitative estimate of drug-likeness (QED) is 0.348. The predicted molar refractivity (Wildman–Crippen MR) is 122 cm³/mol. The molecule has 4 aromatic rings.